The summed E-state index contributed by atoms with van der Waals surface area (Å²) in [6.07, 6.45) is -0.586. The first kappa shape index (κ1) is 28.1. The van der Waals surface area contributed by atoms with Gasteiger partial charge in [-0.3, -0.25) is 4.68 Å². The molecule has 0 amide bonds. The summed E-state index contributed by atoms with van der Waals surface area (Å²) in [7, 11) is -2.33. The van der Waals surface area contributed by atoms with Crippen molar-refractivity contribution >= 4 is 16.0 Å². The summed E-state index contributed by atoms with van der Waals surface area (Å²) in [4.78, 5) is 11.9. The van der Waals surface area contributed by atoms with Crippen molar-refractivity contribution in [1.82, 2.24) is 29.1 Å². The van der Waals surface area contributed by atoms with Crippen LogP contribution in [0, 0.1) is 5.92 Å². The predicted molar refractivity (Wildman–Crippen MR) is 144 cm³/mol. The van der Waals surface area contributed by atoms with Crippen LogP contribution in [0.15, 0.2) is 59.8 Å². The second kappa shape index (κ2) is 10.1. The molecule has 2 aromatic carbocycles. The second-order valence-corrected chi connectivity index (χ2v) is 12.9. The largest absolute Gasteiger partial charge is 0.478 e. The van der Waals surface area contributed by atoms with Crippen LogP contribution >= 0.6 is 0 Å². The van der Waals surface area contributed by atoms with E-state index >= 15 is 0 Å². The minimum atomic E-state index is -4.57. The fourth-order valence-electron chi connectivity index (χ4n) is 5.78. The van der Waals surface area contributed by atoms with Gasteiger partial charge in [0, 0.05) is 38.2 Å². The zero-order valence-electron chi connectivity index (χ0n) is 22.7. The molecule has 0 unspecified atom stereocenters. The zero-order chi connectivity index (χ0) is 30.0. The number of sulfonamides is 1. The van der Waals surface area contributed by atoms with Gasteiger partial charge in [-0.25, -0.2) is 17.9 Å². The van der Waals surface area contributed by atoms with Gasteiger partial charge in [0.2, 0.25) is 10.0 Å². The number of aromatic carboxylic acids is 1. The van der Waals surface area contributed by atoms with Crippen LogP contribution in [0.5, 0.6) is 0 Å². The van der Waals surface area contributed by atoms with Crippen LogP contribution in [0.3, 0.4) is 0 Å². The van der Waals surface area contributed by atoms with E-state index in [1.54, 1.807) is 53.8 Å². The number of nitrogens with zero attached hydrogens (tertiary/aromatic N) is 6. The maximum absolute atomic E-state index is 13.6. The molecular weight excluding hydrogens is 573 g/mol. The Hall–Kier alpha value is -4.04. The molecule has 2 aromatic heterocycles. The van der Waals surface area contributed by atoms with Crippen molar-refractivity contribution in [1.29, 1.82) is 0 Å². The Kier molecular flexibility index (Phi) is 6.72. The van der Waals surface area contributed by atoms with Crippen LogP contribution in [0.25, 0.3) is 5.69 Å². The molecule has 42 heavy (non-hydrogen) atoms. The third kappa shape index (κ3) is 5.09. The first-order chi connectivity index (χ1) is 19.8. The lowest BCUT2D eigenvalue weighted by atomic mass is 9.99. The van der Waals surface area contributed by atoms with E-state index in [-0.39, 0.29) is 53.3 Å². The first-order valence-corrected chi connectivity index (χ1v) is 14.7. The molecule has 1 aliphatic heterocycles. The van der Waals surface area contributed by atoms with E-state index in [0.29, 0.717) is 23.4 Å². The highest BCUT2D eigenvalue weighted by molar-refractivity contribution is 7.89. The molecule has 1 aliphatic carbocycles. The van der Waals surface area contributed by atoms with Gasteiger partial charge in [0.25, 0.3) is 0 Å². The molecule has 4 aromatic rings. The Labute approximate surface area is 239 Å². The van der Waals surface area contributed by atoms with Gasteiger partial charge in [0.1, 0.15) is 5.56 Å². The van der Waals surface area contributed by atoms with Gasteiger partial charge in [-0.2, -0.15) is 22.6 Å². The van der Waals surface area contributed by atoms with Gasteiger partial charge >= 0.3 is 12.1 Å². The fraction of sp³-hybridized carbons (Fsp3) is 0.357. The Bertz CT molecular complexity index is 1800. The Morgan fingerprint density at radius 2 is 1.93 bits per heavy atom. The van der Waals surface area contributed by atoms with Gasteiger partial charge in [-0.05, 0) is 60.2 Å². The number of benzene rings is 2. The van der Waals surface area contributed by atoms with E-state index in [0.717, 1.165) is 23.9 Å². The van der Waals surface area contributed by atoms with Gasteiger partial charge in [0.05, 0.1) is 33.7 Å². The number of halogens is 3. The zero-order valence-corrected chi connectivity index (χ0v) is 23.5. The van der Waals surface area contributed by atoms with Gasteiger partial charge in [-0.15, -0.1) is 5.10 Å². The van der Waals surface area contributed by atoms with Crippen molar-refractivity contribution < 1.29 is 31.5 Å². The number of alkyl halides is 3. The lowest BCUT2D eigenvalue weighted by Crippen LogP contribution is -2.32. The molecule has 0 saturated heterocycles. The maximum Gasteiger partial charge on any atom is 0.416 e. The standard InChI is InChI=1S/C28H27F3N6O4S/c1-16-8-18-10-19(28(29,30)31)6-7-25(18)42(40,41)36(13-16)14-17-4-3-5-20(9-17)37-26(23(12-32-37)27(38)39)22-11-21(22)24-15-35(2)34-33-24/h3-7,9-10,12,15-16,21-22H,8,11,13-14H2,1-2H3,(H,38,39)/t16-,21-,22-/m1/s1. The number of fused-ring (bicyclic) bond motifs is 1. The highest BCUT2D eigenvalue weighted by Gasteiger charge is 2.46. The summed E-state index contributed by atoms with van der Waals surface area (Å²) < 4.78 is 71.7. The van der Waals surface area contributed by atoms with Gasteiger partial charge in [-0.1, -0.05) is 24.3 Å². The van der Waals surface area contributed by atoms with Crippen LogP contribution in [-0.2, 0) is 36.2 Å². The first-order valence-electron chi connectivity index (χ1n) is 13.3. The molecule has 1 fully saturated rings. The number of aryl methyl sites for hydroxylation is 1. The third-order valence-corrected chi connectivity index (χ3v) is 9.69. The molecule has 10 nitrogen and oxygen atoms in total. The molecule has 6 rings (SSSR count). The maximum atomic E-state index is 13.6. The molecule has 0 spiro atoms. The molecular formula is C28H27F3N6O4S. The van der Waals surface area contributed by atoms with E-state index in [4.69, 9.17) is 0 Å². The third-order valence-electron chi connectivity index (χ3n) is 7.78. The number of carboxylic acids is 1. The highest BCUT2D eigenvalue weighted by Crippen LogP contribution is 2.55. The average Bonchev–Trinajstić information content (AvgIpc) is 3.39. The minimum absolute atomic E-state index is 0.00269. The van der Waals surface area contributed by atoms with Crippen molar-refractivity contribution in [3.63, 3.8) is 0 Å². The van der Waals surface area contributed by atoms with E-state index < -0.39 is 27.7 Å². The minimum Gasteiger partial charge on any atom is -0.478 e. The molecule has 3 atom stereocenters. The SMILES string of the molecule is C[C@@H]1Cc2cc(C(F)(F)F)ccc2S(=O)(=O)N(Cc2cccc(-n3ncc(C(=O)O)c3[C@@H]3C[C@H]3c3cn(C)nn3)c2)C1. The Morgan fingerprint density at radius 1 is 1.14 bits per heavy atom. The lowest BCUT2D eigenvalue weighted by molar-refractivity contribution is -0.137. The molecule has 3 heterocycles. The monoisotopic (exact) mass is 600 g/mol. The van der Waals surface area contributed by atoms with Gasteiger partial charge < -0.3 is 5.11 Å². The van der Waals surface area contributed by atoms with Crippen molar-refractivity contribution in [3.05, 3.63) is 88.5 Å². The van der Waals surface area contributed by atoms with Crippen LogP contribution in [-0.4, -0.2) is 55.1 Å². The van der Waals surface area contributed by atoms with Crippen molar-refractivity contribution in [2.24, 2.45) is 13.0 Å². The molecule has 220 valence electrons. The highest BCUT2D eigenvalue weighted by atomic mass is 32.2. The number of hydrogen-bond donors (Lipinski definition) is 1. The summed E-state index contributed by atoms with van der Waals surface area (Å²) in [5, 5.41) is 22.4. The van der Waals surface area contributed by atoms with Crippen molar-refractivity contribution in [2.45, 2.75) is 49.2 Å². The molecule has 2 aliphatic rings. The molecule has 0 radical (unpaired) electrons. The van der Waals surface area contributed by atoms with E-state index in [1.165, 1.54) is 10.5 Å². The molecule has 0 bridgehead atoms. The Morgan fingerprint density at radius 3 is 2.62 bits per heavy atom. The number of hydrogen-bond acceptors (Lipinski definition) is 6. The lowest BCUT2D eigenvalue weighted by Gasteiger charge is -2.23. The van der Waals surface area contributed by atoms with E-state index in [9.17, 15) is 31.5 Å². The summed E-state index contributed by atoms with van der Waals surface area (Å²) in [5.41, 5.74) is 1.84. The smallest absolute Gasteiger partial charge is 0.416 e. The average molecular weight is 601 g/mol. The number of aromatic nitrogens is 5. The normalized spacial score (nSPS) is 22.0. The van der Waals surface area contributed by atoms with E-state index in [2.05, 4.69) is 15.4 Å². The summed E-state index contributed by atoms with van der Waals surface area (Å²) >= 11 is 0. The van der Waals surface area contributed by atoms with Crippen LogP contribution in [0.4, 0.5) is 13.2 Å². The number of carboxylic acid groups (broad SMARTS) is 1. The summed E-state index contributed by atoms with van der Waals surface area (Å²) in [6.45, 7) is 1.91. The number of rotatable bonds is 6. The van der Waals surface area contributed by atoms with Gasteiger partial charge in [0.15, 0.2) is 0 Å². The van der Waals surface area contributed by atoms with E-state index in [1.807, 2.05) is 0 Å². The molecule has 1 saturated carbocycles. The second-order valence-electron chi connectivity index (χ2n) is 11.0. The van der Waals surface area contributed by atoms with Crippen LogP contribution < -0.4 is 0 Å². The van der Waals surface area contributed by atoms with Crippen LogP contribution in [0.2, 0.25) is 0 Å². The molecule has 1 N–H and O–H groups in total. The fourth-order valence-corrected chi connectivity index (χ4v) is 7.54. The summed E-state index contributed by atoms with van der Waals surface area (Å²) in [5.74, 6) is -1.47. The van der Waals surface area contributed by atoms with Crippen molar-refractivity contribution in [2.75, 3.05) is 6.54 Å². The topological polar surface area (TPSA) is 123 Å². The number of carbonyl (C=O) groups is 1. The van der Waals surface area contributed by atoms with Crippen molar-refractivity contribution in [3.8, 4) is 5.69 Å². The summed E-state index contributed by atoms with van der Waals surface area (Å²) in [6, 6.07) is 9.78. The predicted octanol–water partition coefficient (Wildman–Crippen LogP) is 4.37. The Balaban J connectivity index is 1.32. The quantitative estimate of drug-likeness (QED) is 0.349. The van der Waals surface area contributed by atoms with Crippen LogP contribution in [0.1, 0.15) is 63.6 Å². The molecule has 14 heteroatoms.